The van der Waals surface area contributed by atoms with E-state index in [2.05, 4.69) is 13.8 Å². The molecule has 1 aromatic heterocycles. The minimum absolute atomic E-state index is 0.189. The van der Waals surface area contributed by atoms with E-state index in [4.69, 9.17) is 14.5 Å². The SMILES string of the molecule is CCOC(=O)[C@H]1C(=O)N(Cc2ccccc2)c2nc3ccccc3n2[C@H]1c1ccc(OCCC(C)C)cc1. The Morgan fingerprint density at radius 3 is 2.39 bits per heavy atom. The number of rotatable bonds is 9. The van der Waals surface area contributed by atoms with Crippen LogP contribution in [0.25, 0.3) is 11.0 Å². The lowest BCUT2D eigenvalue weighted by Gasteiger charge is -2.38. The van der Waals surface area contributed by atoms with Crippen LogP contribution in [0.5, 0.6) is 5.75 Å². The van der Waals surface area contributed by atoms with Crippen LogP contribution in [0, 0.1) is 11.8 Å². The van der Waals surface area contributed by atoms with Gasteiger partial charge in [0.15, 0.2) is 5.92 Å². The predicted octanol–water partition coefficient (Wildman–Crippen LogP) is 5.78. The molecule has 1 amide bonds. The van der Waals surface area contributed by atoms with Crippen molar-refractivity contribution < 1.29 is 19.1 Å². The molecular weight excluding hydrogens is 478 g/mol. The highest BCUT2D eigenvalue weighted by Gasteiger charge is 2.47. The minimum Gasteiger partial charge on any atom is -0.494 e. The van der Waals surface area contributed by atoms with Gasteiger partial charge >= 0.3 is 5.97 Å². The summed E-state index contributed by atoms with van der Waals surface area (Å²) in [6.45, 7) is 7.20. The summed E-state index contributed by atoms with van der Waals surface area (Å²) in [5.41, 5.74) is 3.38. The Kier molecular flexibility index (Phi) is 7.45. The van der Waals surface area contributed by atoms with Crippen LogP contribution in [-0.4, -0.2) is 34.6 Å². The lowest BCUT2D eigenvalue weighted by molar-refractivity contribution is -0.153. The standard InChI is InChI=1S/C31H33N3O4/c1-4-37-30(36)27-28(23-14-16-24(17-15-23)38-19-18-21(2)3)34-26-13-9-8-12-25(26)32-31(34)33(29(27)35)20-22-10-6-5-7-11-22/h5-17,21,27-28H,4,18-20H2,1-3H3/t27-,28+/m1/s1. The van der Waals surface area contributed by atoms with Gasteiger partial charge < -0.3 is 14.0 Å². The number of carbonyl (C=O) groups excluding carboxylic acids is 2. The summed E-state index contributed by atoms with van der Waals surface area (Å²) in [6.07, 6.45) is 0.964. The van der Waals surface area contributed by atoms with E-state index in [0.717, 1.165) is 34.3 Å². The van der Waals surface area contributed by atoms with Crippen LogP contribution in [-0.2, 0) is 20.9 Å². The van der Waals surface area contributed by atoms with Gasteiger partial charge in [0.05, 0.1) is 36.8 Å². The first-order chi connectivity index (χ1) is 18.5. The van der Waals surface area contributed by atoms with Gasteiger partial charge in [0.2, 0.25) is 11.9 Å². The molecule has 0 saturated carbocycles. The highest BCUT2D eigenvalue weighted by Crippen LogP contribution is 2.42. The molecule has 4 aromatic rings. The van der Waals surface area contributed by atoms with Gasteiger partial charge in [0.1, 0.15) is 5.75 Å². The zero-order valence-corrected chi connectivity index (χ0v) is 22.0. The molecule has 196 valence electrons. The lowest BCUT2D eigenvalue weighted by Crippen LogP contribution is -2.49. The Morgan fingerprint density at radius 2 is 1.68 bits per heavy atom. The van der Waals surface area contributed by atoms with Crippen LogP contribution in [0.1, 0.15) is 44.4 Å². The molecule has 0 bridgehead atoms. The van der Waals surface area contributed by atoms with Crippen molar-refractivity contribution in [2.24, 2.45) is 11.8 Å². The molecule has 2 atom stereocenters. The monoisotopic (exact) mass is 511 g/mol. The summed E-state index contributed by atoms with van der Waals surface area (Å²) < 4.78 is 13.4. The van der Waals surface area contributed by atoms with Gasteiger partial charge in [0.25, 0.3) is 0 Å². The number of carbonyl (C=O) groups is 2. The number of ether oxygens (including phenoxy) is 2. The summed E-state index contributed by atoms with van der Waals surface area (Å²) in [5.74, 6) is -0.0942. The fourth-order valence-electron chi connectivity index (χ4n) is 4.94. The molecule has 0 spiro atoms. The maximum atomic E-state index is 14.1. The van der Waals surface area contributed by atoms with Crippen molar-refractivity contribution in [1.29, 1.82) is 0 Å². The second-order valence-electron chi connectivity index (χ2n) is 9.96. The van der Waals surface area contributed by atoms with Crippen molar-refractivity contribution in [2.75, 3.05) is 18.1 Å². The van der Waals surface area contributed by atoms with E-state index >= 15 is 0 Å². The fraction of sp³-hybridized carbons (Fsp3) is 0.323. The summed E-state index contributed by atoms with van der Waals surface area (Å²) in [4.78, 5) is 34.0. The lowest BCUT2D eigenvalue weighted by atomic mass is 9.89. The van der Waals surface area contributed by atoms with Gasteiger partial charge in [-0.25, -0.2) is 4.98 Å². The highest BCUT2D eigenvalue weighted by molar-refractivity contribution is 6.08. The second-order valence-corrected chi connectivity index (χ2v) is 9.96. The second kappa shape index (κ2) is 11.1. The first kappa shape index (κ1) is 25.5. The topological polar surface area (TPSA) is 73.7 Å². The first-order valence-electron chi connectivity index (χ1n) is 13.2. The Bertz CT molecular complexity index is 1410. The number of anilines is 1. The molecule has 0 saturated heterocycles. The molecule has 7 nitrogen and oxygen atoms in total. The molecule has 0 aliphatic carbocycles. The van der Waals surface area contributed by atoms with Crippen molar-refractivity contribution in [3.63, 3.8) is 0 Å². The smallest absolute Gasteiger partial charge is 0.321 e. The van der Waals surface area contributed by atoms with Crippen molar-refractivity contribution in [3.8, 4) is 5.75 Å². The average molecular weight is 512 g/mol. The van der Waals surface area contributed by atoms with Crippen LogP contribution in [0.4, 0.5) is 5.95 Å². The largest absolute Gasteiger partial charge is 0.494 e. The van der Waals surface area contributed by atoms with Gasteiger partial charge in [0, 0.05) is 0 Å². The van der Waals surface area contributed by atoms with Crippen LogP contribution in [0.2, 0.25) is 0 Å². The third-order valence-corrected chi connectivity index (χ3v) is 6.85. The van der Waals surface area contributed by atoms with Gasteiger partial charge in [-0.1, -0.05) is 68.4 Å². The third-order valence-electron chi connectivity index (χ3n) is 6.85. The van der Waals surface area contributed by atoms with Crippen LogP contribution < -0.4 is 9.64 Å². The van der Waals surface area contributed by atoms with Crippen LogP contribution >= 0.6 is 0 Å². The summed E-state index contributed by atoms with van der Waals surface area (Å²) in [5, 5.41) is 0. The van der Waals surface area contributed by atoms with Gasteiger partial charge in [-0.2, -0.15) is 0 Å². The molecule has 0 radical (unpaired) electrons. The summed E-state index contributed by atoms with van der Waals surface area (Å²) >= 11 is 0. The highest BCUT2D eigenvalue weighted by atomic mass is 16.5. The zero-order chi connectivity index (χ0) is 26.6. The normalized spacial score (nSPS) is 17.1. The maximum Gasteiger partial charge on any atom is 0.321 e. The van der Waals surface area contributed by atoms with E-state index in [-0.39, 0.29) is 12.5 Å². The van der Waals surface area contributed by atoms with E-state index in [0.29, 0.717) is 25.0 Å². The number of esters is 1. The van der Waals surface area contributed by atoms with Crippen LogP contribution in [0.3, 0.4) is 0 Å². The van der Waals surface area contributed by atoms with Gasteiger partial charge in [-0.15, -0.1) is 0 Å². The van der Waals surface area contributed by atoms with Crippen molar-refractivity contribution in [3.05, 3.63) is 90.0 Å². The first-order valence-corrected chi connectivity index (χ1v) is 13.2. The van der Waals surface area contributed by atoms with Crippen molar-refractivity contribution in [1.82, 2.24) is 9.55 Å². The van der Waals surface area contributed by atoms with Gasteiger partial charge in [-0.05, 0) is 54.7 Å². The van der Waals surface area contributed by atoms with E-state index in [1.807, 2.05) is 83.4 Å². The number of hydrogen-bond acceptors (Lipinski definition) is 5. The molecule has 7 heteroatoms. The number of hydrogen-bond donors (Lipinski definition) is 0. The number of fused-ring (bicyclic) bond motifs is 3. The maximum absolute atomic E-state index is 14.1. The number of benzene rings is 3. The molecular formula is C31H33N3O4. The molecule has 1 aliphatic rings. The molecule has 38 heavy (non-hydrogen) atoms. The number of imidazole rings is 1. The molecule has 0 N–H and O–H groups in total. The Balaban J connectivity index is 1.61. The molecule has 1 aliphatic heterocycles. The number of amides is 1. The predicted molar refractivity (Wildman–Crippen MR) is 147 cm³/mol. The Labute approximate surface area is 223 Å². The summed E-state index contributed by atoms with van der Waals surface area (Å²) in [7, 11) is 0. The van der Waals surface area contributed by atoms with Crippen molar-refractivity contribution >= 4 is 28.9 Å². The van der Waals surface area contributed by atoms with E-state index in [1.165, 1.54) is 0 Å². The molecule has 2 heterocycles. The number of para-hydroxylation sites is 2. The number of aromatic nitrogens is 2. The average Bonchev–Trinajstić information content (AvgIpc) is 3.30. The summed E-state index contributed by atoms with van der Waals surface area (Å²) in [6, 6.07) is 24.5. The molecule has 5 rings (SSSR count). The molecule has 0 fully saturated rings. The van der Waals surface area contributed by atoms with E-state index in [9.17, 15) is 9.59 Å². The Morgan fingerprint density at radius 1 is 0.974 bits per heavy atom. The molecule has 3 aromatic carbocycles. The minimum atomic E-state index is -1.06. The number of nitrogens with zero attached hydrogens (tertiary/aromatic N) is 3. The Hall–Kier alpha value is -4.13. The van der Waals surface area contributed by atoms with Gasteiger partial charge in [-0.3, -0.25) is 14.5 Å². The fourth-order valence-corrected chi connectivity index (χ4v) is 4.94. The zero-order valence-electron chi connectivity index (χ0n) is 22.0. The van der Waals surface area contributed by atoms with Crippen molar-refractivity contribution in [2.45, 2.75) is 39.8 Å². The quantitative estimate of drug-likeness (QED) is 0.210. The van der Waals surface area contributed by atoms with E-state index in [1.54, 1.807) is 11.8 Å². The van der Waals surface area contributed by atoms with E-state index < -0.39 is 17.9 Å². The van der Waals surface area contributed by atoms with Crippen LogP contribution in [0.15, 0.2) is 78.9 Å². The third kappa shape index (κ3) is 5.01. The molecule has 0 unspecified atom stereocenters.